The molecule has 0 spiro atoms. The first kappa shape index (κ1) is 16.5. The van der Waals surface area contributed by atoms with Crippen molar-refractivity contribution in [2.24, 2.45) is 5.73 Å². The van der Waals surface area contributed by atoms with E-state index in [1.54, 1.807) is 19.2 Å². The number of methoxy groups -OCH3 is 1. The van der Waals surface area contributed by atoms with E-state index < -0.39 is 5.60 Å². The van der Waals surface area contributed by atoms with Crippen molar-refractivity contribution in [3.05, 3.63) is 24.3 Å². The minimum atomic E-state index is -0.411. The molecule has 0 unspecified atom stereocenters. The van der Waals surface area contributed by atoms with Gasteiger partial charge in [-0.1, -0.05) is 19.9 Å². The standard InChI is InChI=1S/C15H24N2O3/c1-4-15(5-2,11-16)20-10-14(18)17-12-7-6-8-13(9-12)19-3/h6-9H,4-5,10-11,16H2,1-3H3,(H,17,18). The van der Waals surface area contributed by atoms with E-state index in [0.29, 0.717) is 18.0 Å². The number of ether oxygens (including phenoxy) is 2. The normalized spacial score (nSPS) is 11.2. The molecule has 5 nitrogen and oxygen atoms in total. The topological polar surface area (TPSA) is 73.6 Å². The third-order valence-corrected chi connectivity index (χ3v) is 3.52. The first-order chi connectivity index (χ1) is 9.59. The summed E-state index contributed by atoms with van der Waals surface area (Å²) >= 11 is 0. The summed E-state index contributed by atoms with van der Waals surface area (Å²) in [5.41, 5.74) is 6.01. The Balaban J connectivity index is 2.55. The van der Waals surface area contributed by atoms with Crippen molar-refractivity contribution in [2.45, 2.75) is 32.3 Å². The van der Waals surface area contributed by atoms with Crippen LogP contribution in [-0.4, -0.2) is 31.8 Å². The van der Waals surface area contributed by atoms with Gasteiger partial charge in [0.25, 0.3) is 0 Å². The summed E-state index contributed by atoms with van der Waals surface area (Å²) < 4.78 is 10.8. The SMILES string of the molecule is CCC(CC)(CN)OCC(=O)Nc1cccc(OC)c1. The summed E-state index contributed by atoms with van der Waals surface area (Å²) in [6, 6.07) is 7.20. The van der Waals surface area contributed by atoms with Crippen molar-refractivity contribution in [1.29, 1.82) is 0 Å². The lowest BCUT2D eigenvalue weighted by Gasteiger charge is -2.30. The monoisotopic (exact) mass is 280 g/mol. The Kier molecular flexibility index (Phi) is 6.48. The van der Waals surface area contributed by atoms with Gasteiger partial charge in [-0.2, -0.15) is 0 Å². The summed E-state index contributed by atoms with van der Waals surface area (Å²) in [7, 11) is 1.59. The molecule has 0 aliphatic heterocycles. The molecule has 0 aliphatic carbocycles. The number of rotatable bonds is 8. The van der Waals surface area contributed by atoms with Crippen molar-refractivity contribution in [3.63, 3.8) is 0 Å². The van der Waals surface area contributed by atoms with Gasteiger partial charge in [0.1, 0.15) is 12.4 Å². The van der Waals surface area contributed by atoms with Gasteiger partial charge in [-0.15, -0.1) is 0 Å². The number of benzene rings is 1. The molecule has 0 aliphatic rings. The first-order valence-corrected chi connectivity index (χ1v) is 6.87. The Bertz CT molecular complexity index is 423. The third kappa shape index (κ3) is 4.51. The Morgan fingerprint density at radius 2 is 2.05 bits per heavy atom. The molecule has 0 saturated carbocycles. The highest BCUT2D eigenvalue weighted by molar-refractivity contribution is 5.91. The maximum Gasteiger partial charge on any atom is 0.250 e. The van der Waals surface area contributed by atoms with Gasteiger partial charge in [-0.25, -0.2) is 0 Å². The van der Waals surface area contributed by atoms with E-state index in [1.165, 1.54) is 0 Å². The highest BCUT2D eigenvalue weighted by Gasteiger charge is 2.26. The Labute approximate surface area is 120 Å². The van der Waals surface area contributed by atoms with E-state index in [-0.39, 0.29) is 12.5 Å². The highest BCUT2D eigenvalue weighted by atomic mass is 16.5. The molecule has 0 saturated heterocycles. The molecule has 0 bridgehead atoms. The maximum atomic E-state index is 11.9. The average Bonchev–Trinajstić information content (AvgIpc) is 2.49. The van der Waals surface area contributed by atoms with Gasteiger partial charge in [0.2, 0.25) is 5.91 Å². The van der Waals surface area contributed by atoms with Gasteiger partial charge in [-0.3, -0.25) is 4.79 Å². The van der Waals surface area contributed by atoms with E-state index in [2.05, 4.69) is 5.32 Å². The number of amides is 1. The number of nitrogens with two attached hydrogens (primary N) is 1. The van der Waals surface area contributed by atoms with Crippen LogP contribution >= 0.6 is 0 Å². The number of hydrogen-bond acceptors (Lipinski definition) is 4. The Morgan fingerprint density at radius 1 is 1.35 bits per heavy atom. The van der Waals surface area contributed by atoms with Crippen molar-refractivity contribution in [2.75, 3.05) is 25.6 Å². The summed E-state index contributed by atoms with van der Waals surface area (Å²) in [5, 5.41) is 2.78. The lowest BCUT2D eigenvalue weighted by molar-refractivity contribution is -0.128. The average molecular weight is 280 g/mol. The summed E-state index contributed by atoms with van der Waals surface area (Å²) in [6.45, 7) is 4.43. The second-order valence-corrected chi connectivity index (χ2v) is 4.66. The second kappa shape index (κ2) is 7.87. The summed E-state index contributed by atoms with van der Waals surface area (Å²) in [4.78, 5) is 11.9. The van der Waals surface area contributed by atoms with Crippen LogP contribution in [0.4, 0.5) is 5.69 Å². The zero-order valence-electron chi connectivity index (χ0n) is 12.4. The lowest BCUT2D eigenvalue weighted by atomic mass is 9.97. The van der Waals surface area contributed by atoms with Crippen molar-refractivity contribution < 1.29 is 14.3 Å². The molecule has 0 heterocycles. The molecule has 0 radical (unpaired) electrons. The van der Waals surface area contributed by atoms with Gasteiger partial charge < -0.3 is 20.5 Å². The van der Waals surface area contributed by atoms with Gasteiger partial charge in [0.05, 0.1) is 12.7 Å². The fraction of sp³-hybridized carbons (Fsp3) is 0.533. The molecule has 20 heavy (non-hydrogen) atoms. The second-order valence-electron chi connectivity index (χ2n) is 4.66. The fourth-order valence-corrected chi connectivity index (χ4v) is 1.92. The molecule has 1 amide bonds. The van der Waals surface area contributed by atoms with Gasteiger partial charge in [0, 0.05) is 18.3 Å². The van der Waals surface area contributed by atoms with Crippen LogP contribution in [0.5, 0.6) is 5.75 Å². The van der Waals surface area contributed by atoms with Crippen LogP contribution in [0.25, 0.3) is 0 Å². The van der Waals surface area contributed by atoms with Crippen LogP contribution in [0.3, 0.4) is 0 Å². The smallest absolute Gasteiger partial charge is 0.250 e. The fourth-order valence-electron chi connectivity index (χ4n) is 1.92. The van der Waals surface area contributed by atoms with Crippen LogP contribution in [0.15, 0.2) is 24.3 Å². The molecular formula is C15H24N2O3. The summed E-state index contributed by atoms with van der Waals surface area (Å²) in [6.07, 6.45) is 1.57. The van der Waals surface area contributed by atoms with E-state index in [9.17, 15) is 4.79 Å². The minimum absolute atomic E-state index is 0.00388. The minimum Gasteiger partial charge on any atom is -0.497 e. The molecule has 1 rings (SSSR count). The number of nitrogens with one attached hydrogen (secondary N) is 1. The van der Waals surface area contributed by atoms with Crippen molar-refractivity contribution in [3.8, 4) is 5.75 Å². The Morgan fingerprint density at radius 3 is 2.60 bits per heavy atom. The van der Waals surface area contributed by atoms with Gasteiger partial charge in [0.15, 0.2) is 0 Å². The molecule has 0 fully saturated rings. The van der Waals surface area contributed by atoms with E-state index >= 15 is 0 Å². The zero-order valence-corrected chi connectivity index (χ0v) is 12.4. The molecule has 0 atom stereocenters. The molecular weight excluding hydrogens is 256 g/mol. The van der Waals surface area contributed by atoms with Gasteiger partial charge in [-0.05, 0) is 25.0 Å². The highest BCUT2D eigenvalue weighted by Crippen LogP contribution is 2.19. The molecule has 3 N–H and O–H groups in total. The van der Waals surface area contributed by atoms with Crippen LogP contribution in [0.2, 0.25) is 0 Å². The van der Waals surface area contributed by atoms with Crippen molar-refractivity contribution >= 4 is 11.6 Å². The largest absolute Gasteiger partial charge is 0.497 e. The predicted octanol–water partition coefficient (Wildman–Crippen LogP) is 2.17. The Hall–Kier alpha value is -1.59. The van der Waals surface area contributed by atoms with Crippen LogP contribution in [0, 0.1) is 0 Å². The van der Waals surface area contributed by atoms with E-state index in [1.807, 2.05) is 26.0 Å². The zero-order chi connectivity index (χ0) is 15.0. The predicted molar refractivity (Wildman–Crippen MR) is 79.9 cm³/mol. The molecule has 0 aromatic heterocycles. The lowest BCUT2D eigenvalue weighted by Crippen LogP contribution is -2.41. The number of carbonyl (C=O) groups is 1. The van der Waals surface area contributed by atoms with Crippen molar-refractivity contribution in [1.82, 2.24) is 0 Å². The maximum absolute atomic E-state index is 11.9. The number of hydrogen-bond donors (Lipinski definition) is 2. The van der Waals surface area contributed by atoms with Crippen LogP contribution < -0.4 is 15.8 Å². The summed E-state index contributed by atoms with van der Waals surface area (Å²) in [5.74, 6) is 0.500. The van der Waals surface area contributed by atoms with Crippen LogP contribution in [-0.2, 0) is 9.53 Å². The molecule has 5 heteroatoms. The number of anilines is 1. The van der Waals surface area contributed by atoms with Gasteiger partial charge >= 0.3 is 0 Å². The first-order valence-electron chi connectivity index (χ1n) is 6.87. The van der Waals surface area contributed by atoms with E-state index in [4.69, 9.17) is 15.2 Å². The molecule has 1 aromatic rings. The van der Waals surface area contributed by atoms with E-state index in [0.717, 1.165) is 12.8 Å². The third-order valence-electron chi connectivity index (χ3n) is 3.52. The number of carbonyl (C=O) groups excluding carboxylic acids is 1. The molecule has 112 valence electrons. The quantitative estimate of drug-likeness (QED) is 0.765. The molecule has 1 aromatic carbocycles. The van der Waals surface area contributed by atoms with Crippen LogP contribution in [0.1, 0.15) is 26.7 Å².